The number of carbonyl (C=O) groups is 1. The first-order valence-electron chi connectivity index (χ1n) is 2.80. The molecule has 3 nitrogen and oxygen atoms in total. The van der Waals surface area contributed by atoms with Gasteiger partial charge in [0, 0.05) is 28.1 Å². The molecular formula is C6H13O3Ti-. The molecule has 0 heterocycles. The van der Waals surface area contributed by atoms with Gasteiger partial charge in [0.2, 0.25) is 0 Å². The SMILES string of the molecule is CCCCC(=O)O.[CH2-]O.[Ti]. The number of hydrogen-bond acceptors (Lipinski definition) is 2. The number of carboxylic acids is 1. The maximum Gasteiger partial charge on any atom is 0.303 e. The van der Waals surface area contributed by atoms with Gasteiger partial charge in [-0.05, 0) is 6.42 Å². The Kier molecular flexibility index (Phi) is 26.7. The number of aliphatic carboxylic acids is 1. The number of aliphatic hydroxyl groups excluding tert-OH is 1. The van der Waals surface area contributed by atoms with Gasteiger partial charge in [0.1, 0.15) is 0 Å². The Morgan fingerprint density at radius 3 is 2.00 bits per heavy atom. The summed E-state index contributed by atoms with van der Waals surface area (Å²) < 4.78 is 0. The molecule has 0 amide bonds. The van der Waals surface area contributed by atoms with E-state index in [1.807, 2.05) is 6.92 Å². The van der Waals surface area contributed by atoms with Gasteiger partial charge in [-0.2, -0.15) is 0 Å². The summed E-state index contributed by atoms with van der Waals surface area (Å²) in [5.41, 5.74) is 0. The van der Waals surface area contributed by atoms with Crippen molar-refractivity contribution in [2.75, 3.05) is 0 Å². The Morgan fingerprint density at radius 1 is 1.50 bits per heavy atom. The Morgan fingerprint density at radius 2 is 1.90 bits per heavy atom. The number of rotatable bonds is 3. The Balaban J connectivity index is -0.000000149. The van der Waals surface area contributed by atoms with Gasteiger partial charge in [0.15, 0.2) is 0 Å². The number of carboxylic acid groups (broad SMARTS) is 1. The van der Waals surface area contributed by atoms with E-state index in [0.29, 0.717) is 6.42 Å². The van der Waals surface area contributed by atoms with E-state index >= 15 is 0 Å². The second kappa shape index (κ2) is 16.1. The third kappa shape index (κ3) is 24.2. The molecule has 0 saturated carbocycles. The first kappa shape index (κ1) is 16.6. The summed E-state index contributed by atoms with van der Waals surface area (Å²) >= 11 is 0. The standard InChI is InChI=1S/C5H10O2.CH3O.Ti/c1-2-3-4-5(6)7;1-2;/h2-4H2,1H3,(H,6,7);2H,1H2;/q;-1;. The van der Waals surface area contributed by atoms with Crippen molar-refractivity contribution in [3.8, 4) is 0 Å². The van der Waals surface area contributed by atoms with Crippen molar-refractivity contribution >= 4 is 5.97 Å². The first-order chi connectivity index (χ1) is 4.27. The molecule has 0 aliphatic heterocycles. The summed E-state index contributed by atoms with van der Waals surface area (Å²) in [6.45, 7) is 1.98. The van der Waals surface area contributed by atoms with E-state index in [2.05, 4.69) is 7.11 Å². The van der Waals surface area contributed by atoms with E-state index in [9.17, 15) is 4.79 Å². The van der Waals surface area contributed by atoms with Crippen LogP contribution in [-0.4, -0.2) is 16.2 Å². The van der Waals surface area contributed by atoms with Crippen molar-refractivity contribution in [3.05, 3.63) is 7.11 Å². The zero-order valence-electron chi connectivity index (χ0n) is 6.13. The summed E-state index contributed by atoms with van der Waals surface area (Å²) in [5, 5.41) is 14.8. The fraction of sp³-hybridized carbons (Fsp3) is 0.667. The topological polar surface area (TPSA) is 57.5 Å². The largest absolute Gasteiger partial charge is 0.569 e. The van der Waals surface area contributed by atoms with E-state index in [4.69, 9.17) is 10.2 Å². The monoisotopic (exact) mass is 181 g/mol. The fourth-order valence-corrected chi connectivity index (χ4v) is 0.328. The van der Waals surface area contributed by atoms with Crippen LogP contribution in [-0.2, 0) is 26.5 Å². The minimum atomic E-state index is -0.693. The van der Waals surface area contributed by atoms with Crippen LogP contribution in [0.1, 0.15) is 26.2 Å². The summed E-state index contributed by atoms with van der Waals surface area (Å²) in [6, 6.07) is 0. The summed E-state index contributed by atoms with van der Waals surface area (Å²) in [7, 11) is 2.25. The van der Waals surface area contributed by atoms with Crippen molar-refractivity contribution < 1.29 is 36.7 Å². The van der Waals surface area contributed by atoms with E-state index in [1.165, 1.54) is 0 Å². The minimum Gasteiger partial charge on any atom is -0.569 e. The predicted molar refractivity (Wildman–Crippen MR) is 34.5 cm³/mol. The zero-order valence-corrected chi connectivity index (χ0v) is 7.69. The maximum atomic E-state index is 9.76. The van der Waals surface area contributed by atoms with Crippen LogP contribution in [0.4, 0.5) is 0 Å². The molecule has 60 valence electrons. The molecule has 0 radical (unpaired) electrons. The third-order valence-electron chi connectivity index (χ3n) is 0.744. The van der Waals surface area contributed by atoms with Gasteiger partial charge < -0.3 is 10.2 Å². The summed E-state index contributed by atoms with van der Waals surface area (Å²) in [6.07, 6.45) is 2.08. The molecule has 0 aliphatic rings. The van der Waals surface area contributed by atoms with E-state index < -0.39 is 5.97 Å². The van der Waals surface area contributed by atoms with Crippen molar-refractivity contribution in [3.63, 3.8) is 0 Å². The van der Waals surface area contributed by atoms with Crippen LogP contribution in [0.3, 0.4) is 0 Å². The van der Waals surface area contributed by atoms with Crippen LogP contribution in [0, 0.1) is 7.11 Å². The molecule has 10 heavy (non-hydrogen) atoms. The summed E-state index contributed by atoms with van der Waals surface area (Å²) in [5.74, 6) is -0.693. The Bertz CT molecular complexity index is 66.0. The normalized spacial score (nSPS) is 6.70. The van der Waals surface area contributed by atoms with Crippen molar-refractivity contribution in [2.45, 2.75) is 26.2 Å². The van der Waals surface area contributed by atoms with Gasteiger partial charge in [-0.25, -0.2) is 7.11 Å². The van der Waals surface area contributed by atoms with Crippen molar-refractivity contribution in [1.29, 1.82) is 0 Å². The van der Waals surface area contributed by atoms with Crippen molar-refractivity contribution in [1.82, 2.24) is 0 Å². The van der Waals surface area contributed by atoms with Crippen LogP contribution in [0.5, 0.6) is 0 Å². The van der Waals surface area contributed by atoms with Gasteiger partial charge in [-0.3, -0.25) is 4.79 Å². The van der Waals surface area contributed by atoms with Crippen LogP contribution in [0.25, 0.3) is 0 Å². The number of hydrogen-bond donors (Lipinski definition) is 2. The average Bonchev–Trinajstić information content (AvgIpc) is 1.88. The van der Waals surface area contributed by atoms with Gasteiger partial charge >= 0.3 is 5.97 Å². The van der Waals surface area contributed by atoms with Crippen molar-refractivity contribution in [2.24, 2.45) is 0 Å². The molecule has 0 aromatic rings. The van der Waals surface area contributed by atoms with Gasteiger partial charge in [-0.15, -0.1) is 0 Å². The smallest absolute Gasteiger partial charge is 0.303 e. The molecule has 0 atom stereocenters. The van der Waals surface area contributed by atoms with E-state index in [1.54, 1.807) is 0 Å². The quantitative estimate of drug-likeness (QED) is 0.511. The average molecular weight is 181 g/mol. The van der Waals surface area contributed by atoms with Gasteiger partial charge in [0.25, 0.3) is 0 Å². The Labute approximate surface area is 76.3 Å². The molecule has 0 unspecified atom stereocenters. The van der Waals surface area contributed by atoms with Crippen LogP contribution < -0.4 is 0 Å². The molecule has 0 aliphatic carbocycles. The number of aliphatic hydroxyl groups is 1. The van der Waals surface area contributed by atoms with Crippen LogP contribution in [0.15, 0.2) is 0 Å². The molecule has 4 heteroatoms. The molecule has 0 spiro atoms. The van der Waals surface area contributed by atoms with Gasteiger partial charge in [-0.1, -0.05) is 13.3 Å². The second-order valence-electron chi connectivity index (χ2n) is 1.50. The molecule has 0 bridgehead atoms. The fourth-order valence-electron chi connectivity index (χ4n) is 0.328. The second-order valence-corrected chi connectivity index (χ2v) is 1.50. The molecule has 2 N–H and O–H groups in total. The minimum absolute atomic E-state index is 0. The van der Waals surface area contributed by atoms with Gasteiger partial charge in [0.05, 0.1) is 0 Å². The molecule has 0 rings (SSSR count). The molecular weight excluding hydrogens is 168 g/mol. The van der Waals surface area contributed by atoms with Crippen LogP contribution >= 0.6 is 0 Å². The molecule has 0 saturated heterocycles. The number of unbranched alkanes of at least 4 members (excludes halogenated alkanes) is 1. The van der Waals surface area contributed by atoms with E-state index in [0.717, 1.165) is 12.8 Å². The van der Waals surface area contributed by atoms with Crippen LogP contribution in [0.2, 0.25) is 0 Å². The first-order valence-corrected chi connectivity index (χ1v) is 2.80. The third-order valence-corrected chi connectivity index (χ3v) is 0.744. The predicted octanol–water partition coefficient (Wildman–Crippen LogP) is 1.41. The molecule has 0 aromatic carbocycles. The molecule has 0 aromatic heterocycles. The van der Waals surface area contributed by atoms with E-state index in [-0.39, 0.29) is 21.7 Å². The Hall–Kier alpha value is 0.144. The zero-order chi connectivity index (χ0) is 7.70. The molecule has 0 fully saturated rings. The maximum absolute atomic E-state index is 9.76. The summed E-state index contributed by atoms with van der Waals surface area (Å²) in [4.78, 5) is 9.76.